The van der Waals surface area contributed by atoms with Crippen LogP contribution in [0.25, 0.3) is 0 Å². The van der Waals surface area contributed by atoms with E-state index in [1.54, 1.807) is 0 Å². The lowest BCUT2D eigenvalue weighted by Crippen LogP contribution is -2.43. The molecular weight excluding hydrogens is 432 g/mol. The van der Waals surface area contributed by atoms with Gasteiger partial charge in [-0.3, -0.25) is 14.8 Å². The number of amidine groups is 1. The van der Waals surface area contributed by atoms with Gasteiger partial charge in [0.15, 0.2) is 5.17 Å². The summed E-state index contributed by atoms with van der Waals surface area (Å²) in [4.78, 5) is 20.8. The van der Waals surface area contributed by atoms with E-state index in [0.717, 1.165) is 37.6 Å². The Hall–Kier alpha value is -2.62. The summed E-state index contributed by atoms with van der Waals surface area (Å²) >= 11 is 1.44. The number of carbonyl (C=O) groups excluding carboxylic acids is 1. The number of aliphatic imine (C=N–C) groups is 1. The molecule has 10 heteroatoms. The quantitative estimate of drug-likeness (QED) is 0.647. The average Bonchev–Trinajstić information content (AvgIpc) is 2.74. The van der Waals surface area contributed by atoms with Crippen LogP contribution in [0.5, 0.6) is 0 Å². The van der Waals surface area contributed by atoms with Crippen molar-refractivity contribution in [3.05, 3.63) is 59.2 Å². The second-order valence-electron chi connectivity index (χ2n) is 7.67. The van der Waals surface area contributed by atoms with Crippen LogP contribution >= 0.6 is 11.8 Å². The van der Waals surface area contributed by atoms with Gasteiger partial charge in [-0.1, -0.05) is 24.6 Å². The molecule has 0 unspecified atom stereocenters. The third-order valence-corrected chi connectivity index (χ3v) is 6.75. The Bertz CT molecular complexity index is 1040. The van der Waals surface area contributed by atoms with E-state index >= 15 is 0 Å². The van der Waals surface area contributed by atoms with Crippen molar-refractivity contribution in [2.45, 2.75) is 37.4 Å². The molecule has 2 atom stereocenters. The molecule has 3 N–H and O–H groups in total. The maximum absolute atomic E-state index is 14.9. The van der Waals surface area contributed by atoms with Gasteiger partial charge in [-0.15, -0.1) is 0 Å². The molecule has 5 nitrogen and oxygen atoms in total. The number of benzene rings is 1. The van der Waals surface area contributed by atoms with Crippen LogP contribution in [-0.4, -0.2) is 21.8 Å². The zero-order chi connectivity index (χ0) is 22.2. The highest BCUT2D eigenvalue weighted by Gasteiger charge is 2.46. The number of nitrogens with two attached hydrogens (primary N) is 1. The minimum Gasteiger partial charge on any atom is -0.379 e. The van der Waals surface area contributed by atoms with Crippen LogP contribution in [0.2, 0.25) is 0 Å². The largest absolute Gasteiger partial charge is 0.418 e. The molecule has 1 aliphatic carbocycles. The summed E-state index contributed by atoms with van der Waals surface area (Å²) in [5.74, 6) is -0.701. The van der Waals surface area contributed by atoms with Crippen LogP contribution in [0.15, 0.2) is 41.5 Å². The Morgan fingerprint density at radius 2 is 2.06 bits per heavy atom. The number of alkyl halides is 3. The molecule has 164 valence electrons. The van der Waals surface area contributed by atoms with Crippen LogP contribution in [0, 0.1) is 11.7 Å². The van der Waals surface area contributed by atoms with Gasteiger partial charge in [-0.25, -0.2) is 4.39 Å². The van der Waals surface area contributed by atoms with E-state index < -0.39 is 34.7 Å². The van der Waals surface area contributed by atoms with Gasteiger partial charge in [-0.2, -0.15) is 13.2 Å². The van der Waals surface area contributed by atoms with Crippen molar-refractivity contribution in [2.75, 3.05) is 11.1 Å². The number of anilines is 1. The van der Waals surface area contributed by atoms with Crippen molar-refractivity contribution < 1.29 is 22.4 Å². The van der Waals surface area contributed by atoms with E-state index in [1.807, 2.05) is 0 Å². The molecule has 4 rings (SSSR count). The van der Waals surface area contributed by atoms with Crippen molar-refractivity contribution in [1.82, 2.24) is 4.98 Å². The molecule has 2 aliphatic rings. The second kappa shape index (κ2) is 8.14. The van der Waals surface area contributed by atoms with E-state index in [-0.39, 0.29) is 11.6 Å². The van der Waals surface area contributed by atoms with Gasteiger partial charge >= 0.3 is 6.18 Å². The molecule has 0 spiro atoms. The van der Waals surface area contributed by atoms with Crippen molar-refractivity contribution in [3.63, 3.8) is 0 Å². The molecule has 1 saturated carbocycles. The number of pyridine rings is 1. The van der Waals surface area contributed by atoms with Crippen LogP contribution in [-0.2, 0) is 11.7 Å². The summed E-state index contributed by atoms with van der Waals surface area (Å²) < 4.78 is 54.6. The Kier molecular flexibility index (Phi) is 5.67. The number of halogens is 4. The number of fused-ring (bicyclic) bond motifs is 1. The minimum atomic E-state index is -4.73. The normalized spacial score (nSPS) is 23.6. The van der Waals surface area contributed by atoms with E-state index in [2.05, 4.69) is 15.3 Å². The molecule has 0 bridgehead atoms. The number of hydrogen-bond acceptors (Lipinski definition) is 5. The highest BCUT2D eigenvalue weighted by atomic mass is 32.2. The topological polar surface area (TPSA) is 80.4 Å². The number of aromatic nitrogens is 1. The Labute approximate surface area is 180 Å². The fourth-order valence-electron chi connectivity index (χ4n) is 4.37. The average molecular weight is 452 g/mol. The van der Waals surface area contributed by atoms with E-state index in [4.69, 9.17) is 5.73 Å². The third-order valence-electron chi connectivity index (χ3n) is 5.80. The first-order valence-electron chi connectivity index (χ1n) is 9.82. The molecule has 1 aromatic carbocycles. The van der Waals surface area contributed by atoms with Gasteiger partial charge in [0.05, 0.1) is 11.1 Å². The molecule has 2 heterocycles. The van der Waals surface area contributed by atoms with Gasteiger partial charge < -0.3 is 11.1 Å². The zero-order valence-electron chi connectivity index (χ0n) is 16.4. The third kappa shape index (κ3) is 4.13. The molecule has 0 saturated heterocycles. The number of rotatable bonds is 3. The second-order valence-corrected chi connectivity index (χ2v) is 8.71. The van der Waals surface area contributed by atoms with Gasteiger partial charge in [0, 0.05) is 23.2 Å². The zero-order valence-corrected chi connectivity index (χ0v) is 17.2. The Balaban J connectivity index is 1.70. The standard InChI is InChI=1S/C21H20F4N4OS/c22-16-7-6-13(28-18(30)17-14(21(23,24)25)5-3-9-27-17)10-15(16)20-8-2-1-4-12(20)11-31-19(26)29-20/h3,5-7,9-10,12H,1-2,4,8,11H2,(H2,26,29)(H,28,30)/t12-,20-/m0/s1. The maximum Gasteiger partial charge on any atom is 0.418 e. The fraction of sp³-hybridized carbons (Fsp3) is 0.381. The van der Waals surface area contributed by atoms with E-state index in [1.165, 1.54) is 30.0 Å². The van der Waals surface area contributed by atoms with Crippen molar-refractivity contribution in [1.29, 1.82) is 0 Å². The molecule has 0 radical (unpaired) electrons. The number of thioether (sulfide) groups is 1. The summed E-state index contributed by atoms with van der Waals surface area (Å²) in [5, 5.41) is 2.81. The first-order chi connectivity index (χ1) is 14.7. The molecular formula is C21H20F4N4OS. The summed E-state index contributed by atoms with van der Waals surface area (Å²) in [6.45, 7) is 0. The number of nitrogens with one attached hydrogen (secondary N) is 1. The predicted octanol–water partition coefficient (Wildman–Crippen LogP) is 4.94. The number of carbonyl (C=O) groups is 1. The lowest BCUT2D eigenvalue weighted by molar-refractivity contribution is -0.138. The first kappa shape index (κ1) is 21.6. The fourth-order valence-corrected chi connectivity index (χ4v) is 5.41. The van der Waals surface area contributed by atoms with E-state index in [0.29, 0.717) is 22.9 Å². The van der Waals surface area contributed by atoms with Gasteiger partial charge in [0.25, 0.3) is 5.91 Å². The minimum absolute atomic E-state index is 0.0895. The van der Waals surface area contributed by atoms with Gasteiger partial charge in [0.1, 0.15) is 11.5 Å². The molecule has 1 fully saturated rings. The monoisotopic (exact) mass is 452 g/mol. The Morgan fingerprint density at radius 3 is 2.84 bits per heavy atom. The van der Waals surface area contributed by atoms with E-state index in [9.17, 15) is 22.4 Å². The van der Waals surface area contributed by atoms with Crippen LogP contribution in [0.3, 0.4) is 0 Å². The molecule has 31 heavy (non-hydrogen) atoms. The van der Waals surface area contributed by atoms with Gasteiger partial charge in [0.2, 0.25) is 0 Å². The van der Waals surface area contributed by atoms with Crippen LogP contribution in [0.1, 0.15) is 47.3 Å². The Morgan fingerprint density at radius 1 is 1.26 bits per heavy atom. The summed E-state index contributed by atoms with van der Waals surface area (Å²) in [7, 11) is 0. The molecule has 1 amide bonds. The van der Waals surface area contributed by atoms with Crippen LogP contribution in [0.4, 0.5) is 23.2 Å². The van der Waals surface area contributed by atoms with Crippen LogP contribution < -0.4 is 11.1 Å². The highest BCUT2D eigenvalue weighted by Crippen LogP contribution is 2.50. The lowest BCUT2D eigenvalue weighted by atomic mass is 9.69. The number of hydrogen-bond donors (Lipinski definition) is 2. The molecule has 2 aromatic rings. The SMILES string of the molecule is NC1=N[C@@]2(c3cc(NC(=O)c4ncccc4C(F)(F)F)ccc3F)CCCC[C@H]2CS1. The number of amides is 1. The summed E-state index contributed by atoms with van der Waals surface area (Å²) in [6, 6.07) is 5.87. The van der Waals surface area contributed by atoms with Gasteiger partial charge in [-0.05, 0) is 49.1 Å². The summed E-state index contributed by atoms with van der Waals surface area (Å²) in [5.41, 5.74) is 3.73. The molecule has 1 aliphatic heterocycles. The maximum atomic E-state index is 14.9. The van der Waals surface area contributed by atoms with Crippen molar-refractivity contribution in [2.24, 2.45) is 16.6 Å². The smallest absolute Gasteiger partial charge is 0.379 e. The lowest BCUT2D eigenvalue weighted by Gasteiger charge is -2.44. The highest BCUT2D eigenvalue weighted by molar-refractivity contribution is 8.13. The predicted molar refractivity (Wildman–Crippen MR) is 111 cm³/mol. The first-order valence-corrected chi connectivity index (χ1v) is 10.8. The molecule has 1 aromatic heterocycles. The van der Waals surface area contributed by atoms with Crippen molar-refractivity contribution >= 4 is 28.5 Å². The van der Waals surface area contributed by atoms with Crippen molar-refractivity contribution in [3.8, 4) is 0 Å². The number of nitrogens with zero attached hydrogens (tertiary/aromatic N) is 2. The summed E-state index contributed by atoms with van der Waals surface area (Å²) in [6.07, 6.45) is -0.246.